The van der Waals surface area contributed by atoms with Crippen molar-refractivity contribution >= 4 is 16.0 Å². The van der Waals surface area contributed by atoms with Crippen LogP contribution in [0.5, 0.6) is 5.75 Å². The summed E-state index contributed by atoms with van der Waals surface area (Å²) in [6.07, 6.45) is 1.06. The molecule has 0 spiro atoms. The van der Waals surface area contributed by atoms with Crippen molar-refractivity contribution in [3.8, 4) is 5.75 Å². The summed E-state index contributed by atoms with van der Waals surface area (Å²) >= 11 is 0. The molecule has 0 unspecified atom stereocenters. The molecule has 2 rings (SSSR count). The molecule has 1 aliphatic rings. The van der Waals surface area contributed by atoms with E-state index in [9.17, 15) is 18.3 Å². The van der Waals surface area contributed by atoms with Gasteiger partial charge < -0.3 is 9.84 Å². The van der Waals surface area contributed by atoms with Crippen molar-refractivity contribution in [2.75, 3.05) is 6.54 Å². The highest BCUT2D eigenvalue weighted by Crippen LogP contribution is 2.31. The van der Waals surface area contributed by atoms with E-state index in [1.165, 1.54) is 10.4 Å². The maximum Gasteiger partial charge on any atom is 0.308 e. The number of aryl methyl sites for hydroxylation is 1. The number of rotatable bonds is 5. The minimum absolute atomic E-state index is 0.00426. The van der Waals surface area contributed by atoms with Gasteiger partial charge in [-0.1, -0.05) is 0 Å². The minimum Gasteiger partial charge on any atom is -0.491 e. The predicted molar refractivity (Wildman–Crippen MR) is 90.7 cm³/mol. The van der Waals surface area contributed by atoms with Crippen LogP contribution in [0, 0.1) is 12.8 Å². The van der Waals surface area contributed by atoms with Crippen molar-refractivity contribution in [1.82, 2.24) is 4.31 Å². The van der Waals surface area contributed by atoms with Gasteiger partial charge in [-0.25, -0.2) is 8.42 Å². The van der Waals surface area contributed by atoms with Gasteiger partial charge in [-0.05, 0) is 64.3 Å². The molecule has 0 radical (unpaired) electrons. The Labute approximate surface area is 143 Å². The molecule has 6 nitrogen and oxygen atoms in total. The fourth-order valence-corrected chi connectivity index (χ4v) is 4.88. The Balaban J connectivity index is 2.33. The smallest absolute Gasteiger partial charge is 0.308 e. The summed E-state index contributed by atoms with van der Waals surface area (Å²) in [5.41, 5.74) is 0.740. The average molecular weight is 355 g/mol. The number of benzene rings is 1. The second-order valence-electron chi connectivity index (χ2n) is 6.54. The lowest BCUT2D eigenvalue weighted by Crippen LogP contribution is -2.48. The van der Waals surface area contributed by atoms with E-state index >= 15 is 0 Å². The first kappa shape index (κ1) is 18.7. The molecular formula is C17H25NO5S. The summed E-state index contributed by atoms with van der Waals surface area (Å²) in [5.74, 6) is -0.962. The molecule has 1 fully saturated rings. The van der Waals surface area contributed by atoms with E-state index in [0.29, 0.717) is 25.1 Å². The van der Waals surface area contributed by atoms with Gasteiger partial charge in [-0.15, -0.1) is 0 Å². The Hall–Kier alpha value is -1.60. The van der Waals surface area contributed by atoms with Crippen LogP contribution >= 0.6 is 0 Å². The van der Waals surface area contributed by atoms with Crippen molar-refractivity contribution in [2.45, 2.75) is 57.6 Å². The highest BCUT2D eigenvalue weighted by molar-refractivity contribution is 7.89. The summed E-state index contributed by atoms with van der Waals surface area (Å²) in [4.78, 5) is 11.5. The predicted octanol–water partition coefficient (Wildman–Crippen LogP) is 2.66. The molecule has 0 aliphatic carbocycles. The largest absolute Gasteiger partial charge is 0.491 e. The molecule has 1 aromatic rings. The van der Waals surface area contributed by atoms with E-state index in [-0.39, 0.29) is 11.0 Å². The molecule has 0 bridgehead atoms. The van der Waals surface area contributed by atoms with E-state index in [2.05, 4.69) is 0 Å². The molecule has 1 heterocycles. The van der Waals surface area contributed by atoms with Gasteiger partial charge in [-0.3, -0.25) is 4.79 Å². The first-order valence-electron chi connectivity index (χ1n) is 8.16. The lowest BCUT2D eigenvalue weighted by atomic mass is 9.92. The summed E-state index contributed by atoms with van der Waals surface area (Å²) in [6.45, 7) is 7.63. The van der Waals surface area contributed by atoms with E-state index in [4.69, 9.17) is 4.74 Å². The fraction of sp³-hybridized carbons (Fsp3) is 0.588. The van der Waals surface area contributed by atoms with E-state index in [0.717, 1.165) is 5.56 Å². The monoisotopic (exact) mass is 355 g/mol. The second-order valence-corrected chi connectivity index (χ2v) is 8.43. The van der Waals surface area contributed by atoms with Gasteiger partial charge in [-0.2, -0.15) is 4.31 Å². The van der Waals surface area contributed by atoms with Crippen LogP contribution in [0.25, 0.3) is 0 Å². The van der Waals surface area contributed by atoms with Gasteiger partial charge in [0, 0.05) is 12.6 Å². The van der Waals surface area contributed by atoms with Crippen LogP contribution in [0.2, 0.25) is 0 Å². The number of piperidine rings is 1. The number of ether oxygens (including phenoxy) is 1. The summed E-state index contributed by atoms with van der Waals surface area (Å²) in [7, 11) is -3.73. The zero-order valence-electron chi connectivity index (χ0n) is 14.5. The minimum atomic E-state index is -3.73. The SMILES string of the molecule is Cc1cc(S(=O)(=O)N2CCC[C@H](C(=O)O)[C@@H]2C)ccc1OC(C)C. The first-order chi connectivity index (χ1) is 11.1. The molecule has 134 valence electrons. The van der Waals surface area contributed by atoms with Gasteiger partial charge in [0.25, 0.3) is 0 Å². The molecule has 0 aromatic heterocycles. The van der Waals surface area contributed by atoms with Gasteiger partial charge in [0.2, 0.25) is 10.0 Å². The number of sulfonamides is 1. The molecule has 1 N–H and O–H groups in total. The normalized spacial score (nSPS) is 22.5. The zero-order valence-corrected chi connectivity index (χ0v) is 15.3. The van der Waals surface area contributed by atoms with E-state index in [1.54, 1.807) is 26.0 Å². The maximum absolute atomic E-state index is 12.9. The van der Waals surface area contributed by atoms with Gasteiger partial charge in [0.1, 0.15) is 5.75 Å². The van der Waals surface area contributed by atoms with Crippen LogP contribution in [0.3, 0.4) is 0 Å². The topological polar surface area (TPSA) is 83.9 Å². The molecule has 7 heteroatoms. The van der Waals surface area contributed by atoms with E-state index < -0.39 is 28.0 Å². The fourth-order valence-electron chi connectivity index (χ4n) is 3.09. The number of carboxylic acid groups (broad SMARTS) is 1. The highest BCUT2D eigenvalue weighted by Gasteiger charge is 2.39. The van der Waals surface area contributed by atoms with Gasteiger partial charge >= 0.3 is 5.97 Å². The number of hydrogen-bond acceptors (Lipinski definition) is 4. The number of nitrogens with zero attached hydrogens (tertiary/aromatic N) is 1. The summed E-state index contributed by atoms with van der Waals surface area (Å²) in [5, 5.41) is 9.29. The number of aliphatic carboxylic acids is 1. The Morgan fingerprint density at radius 3 is 2.58 bits per heavy atom. The molecular weight excluding hydrogens is 330 g/mol. The Morgan fingerprint density at radius 1 is 1.38 bits per heavy atom. The lowest BCUT2D eigenvalue weighted by Gasteiger charge is -2.36. The maximum atomic E-state index is 12.9. The quantitative estimate of drug-likeness (QED) is 0.878. The van der Waals surface area contributed by atoms with Crippen LogP contribution in [0.1, 0.15) is 39.2 Å². The molecule has 24 heavy (non-hydrogen) atoms. The molecule has 2 atom stereocenters. The van der Waals surface area contributed by atoms with Crippen molar-refractivity contribution in [3.63, 3.8) is 0 Å². The van der Waals surface area contributed by atoms with Crippen LogP contribution in [-0.2, 0) is 14.8 Å². The number of carbonyl (C=O) groups is 1. The van der Waals surface area contributed by atoms with Crippen LogP contribution in [-0.4, -0.2) is 42.5 Å². The summed E-state index contributed by atoms with van der Waals surface area (Å²) < 4.78 is 32.8. The third kappa shape index (κ3) is 3.72. The van der Waals surface area contributed by atoms with Crippen molar-refractivity contribution in [2.24, 2.45) is 5.92 Å². The lowest BCUT2D eigenvalue weighted by molar-refractivity contribution is -0.144. The first-order valence-corrected chi connectivity index (χ1v) is 9.60. The van der Waals surface area contributed by atoms with Gasteiger partial charge in [0.05, 0.1) is 16.9 Å². The van der Waals surface area contributed by atoms with E-state index in [1.807, 2.05) is 13.8 Å². The van der Waals surface area contributed by atoms with Crippen molar-refractivity contribution in [3.05, 3.63) is 23.8 Å². The second kappa shape index (κ2) is 7.11. The molecule has 1 saturated heterocycles. The van der Waals surface area contributed by atoms with Crippen molar-refractivity contribution in [1.29, 1.82) is 0 Å². The standard InChI is InChI=1S/C17H25NO5S/c1-11(2)23-16-8-7-14(10-12(16)3)24(21,22)18-9-5-6-15(13(18)4)17(19)20/h7-8,10-11,13,15H,5-6,9H2,1-4H3,(H,19,20)/t13-,15-/m0/s1. The Morgan fingerprint density at radius 2 is 2.04 bits per heavy atom. The number of carboxylic acids is 1. The zero-order chi connectivity index (χ0) is 18.1. The Kier molecular flexibility index (Phi) is 5.55. The molecule has 1 aliphatic heterocycles. The van der Waals surface area contributed by atoms with Crippen molar-refractivity contribution < 1.29 is 23.1 Å². The molecule has 0 amide bonds. The average Bonchev–Trinajstić information content (AvgIpc) is 2.48. The third-order valence-electron chi connectivity index (χ3n) is 4.36. The summed E-state index contributed by atoms with van der Waals surface area (Å²) in [6, 6.07) is 4.21. The van der Waals surface area contributed by atoms with Crippen LogP contribution < -0.4 is 4.74 Å². The Bertz CT molecular complexity index is 714. The van der Waals surface area contributed by atoms with Gasteiger partial charge in [0.15, 0.2) is 0 Å². The number of hydrogen-bond donors (Lipinski definition) is 1. The molecule has 1 aromatic carbocycles. The van der Waals surface area contributed by atoms with Crippen LogP contribution in [0.4, 0.5) is 0 Å². The van der Waals surface area contributed by atoms with Crippen LogP contribution in [0.15, 0.2) is 23.1 Å². The highest BCUT2D eigenvalue weighted by atomic mass is 32.2. The third-order valence-corrected chi connectivity index (χ3v) is 6.35. The molecule has 0 saturated carbocycles.